The second-order valence-corrected chi connectivity index (χ2v) is 3.48. The number of carboxylic acid groups (broad SMARTS) is 1. The summed E-state index contributed by atoms with van der Waals surface area (Å²) in [7, 11) is 2.98. The third-order valence-electron chi connectivity index (χ3n) is 2.47. The molecule has 1 N–H and O–H groups in total. The lowest BCUT2D eigenvalue weighted by atomic mass is 10.3. The van der Waals surface area contributed by atoms with Crippen molar-refractivity contribution < 1.29 is 19.4 Å². The SMILES string of the molecule is COc1ccc(-n2ncc(C(=O)O)c2OC)cc1. The van der Waals surface area contributed by atoms with Gasteiger partial charge in [0.05, 0.1) is 26.1 Å². The van der Waals surface area contributed by atoms with Crippen LogP contribution in [0.2, 0.25) is 0 Å². The number of nitrogens with zero attached hydrogens (tertiary/aromatic N) is 2. The van der Waals surface area contributed by atoms with Crippen molar-refractivity contribution in [2.24, 2.45) is 0 Å². The summed E-state index contributed by atoms with van der Waals surface area (Å²) in [5.41, 5.74) is 0.716. The van der Waals surface area contributed by atoms with Gasteiger partial charge in [-0.2, -0.15) is 5.10 Å². The highest BCUT2D eigenvalue weighted by Gasteiger charge is 2.18. The molecule has 0 unspecified atom stereocenters. The minimum atomic E-state index is -1.08. The largest absolute Gasteiger partial charge is 0.497 e. The summed E-state index contributed by atoms with van der Waals surface area (Å²) in [6.07, 6.45) is 1.26. The van der Waals surface area contributed by atoms with E-state index in [1.165, 1.54) is 18.0 Å². The predicted molar refractivity (Wildman–Crippen MR) is 63.6 cm³/mol. The van der Waals surface area contributed by atoms with Crippen LogP contribution >= 0.6 is 0 Å². The first kappa shape index (κ1) is 12.0. The van der Waals surface area contributed by atoms with Gasteiger partial charge in [0.2, 0.25) is 5.88 Å². The van der Waals surface area contributed by atoms with E-state index >= 15 is 0 Å². The van der Waals surface area contributed by atoms with Gasteiger partial charge >= 0.3 is 5.97 Å². The van der Waals surface area contributed by atoms with Crippen LogP contribution in [0.5, 0.6) is 11.6 Å². The fourth-order valence-corrected chi connectivity index (χ4v) is 1.59. The smallest absolute Gasteiger partial charge is 0.342 e. The molecule has 6 heteroatoms. The number of hydrogen-bond acceptors (Lipinski definition) is 4. The van der Waals surface area contributed by atoms with Crippen LogP contribution in [0.1, 0.15) is 10.4 Å². The molecule has 0 saturated heterocycles. The van der Waals surface area contributed by atoms with Crippen LogP contribution in [0.4, 0.5) is 0 Å². The van der Waals surface area contributed by atoms with Gasteiger partial charge in [-0.05, 0) is 24.3 Å². The second kappa shape index (κ2) is 4.79. The highest BCUT2D eigenvalue weighted by atomic mass is 16.5. The molecule has 6 nitrogen and oxygen atoms in total. The van der Waals surface area contributed by atoms with Gasteiger partial charge in [0.1, 0.15) is 11.3 Å². The summed E-state index contributed by atoms with van der Waals surface area (Å²) in [5, 5.41) is 13.0. The number of benzene rings is 1. The van der Waals surface area contributed by atoms with E-state index in [9.17, 15) is 4.79 Å². The average molecular weight is 248 g/mol. The molecule has 0 aliphatic carbocycles. The lowest BCUT2D eigenvalue weighted by molar-refractivity contribution is 0.0693. The molecule has 0 spiro atoms. The molecule has 0 fully saturated rings. The van der Waals surface area contributed by atoms with E-state index in [0.29, 0.717) is 11.4 Å². The van der Waals surface area contributed by atoms with E-state index in [1.807, 2.05) is 0 Å². The third-order valence-corrected chi connectivity index (χ3v) is 2.47. The molecule has 0 atom stereocenters. The average Bonchev–Trinajstić information content (AvgIpc) is 2.82. The molecule has 94 valence electrons. The van der Waals surface area contributed by atoms with Gasteiger partial charge in [-0.1, -0.05) is 0 Å². The van der Waals surface area contributed by atoms with Crippen molar-refractivity contribution in [1.29, 1.82) is 0 Å². The topological polar surface area (TPSA) is 73.6 Å². The van der Waals surface area contributed by atoms with Gasteiger partial charge in [0.15, 0.2) is 0 Å². The van der Waals surface area contributed by atoms with Crippen LogP contribution in [0.3, 0.4) is 0 Å². The summed E-state index contributed by atoms with van der Waals surface area (Å²) < 4.78 is 11.5. The Morgan fingerprint density at radius 3 is 2.39 bits per heavy atom. The highest BCUT2D eigenvalue weighted by Crippen LogP contribution is 2.23. The second-order valence-electron chi connectivity index (χ2n) is 3.48. The first-order valence-electron chi connectivity index (χ1n) is 5.17. The van der Waals surface area contributed by atoms with Crippen molar-refractivity contribution in [1.82, 2.24) is 9.78 Å². The van der Waals surface area contributed by atoms with Gasteiger partial charge in [0.25, 0.3) is 0 Å². The molecule has 1 aromatic carbocycles. The molecule has 0 aliphatic heterocycles. The molecule has 2 aromatic rings. The van der Waals surface area contributed by atoms with Crippen LogP contribution in [0.25, 0.3) is 5.69 Å². The van der Waals surface area contributed by atoms with Crippen LogP contribution < -0.4 is 9.47 Å². The number of hydrogen-bond donors (Lipinski definition) is 1. The van der Waals surface area contributed by atoms with E-state index < -0.39 is 5.97 Å². The maximum absolute atomic E-state index is 11.0. The summed E-state index contributed by atoms with van der Waals surface area (Å²) in [6, 6.07) is 7.05. The Morgan fingerprint density at radius 2 is 1.89 bits per heavy atom. The molecule has 1 aromatic heterocycles. The van der Waals surface area contributed by atoms with Crippen molar-refractivity contribution in [3.05, 3.63) is 36.0 Å². The first-order valence-corrected chi connectivity index (χ1v) is 5.17. The molecule has 2 rings (SSSR count). The van der Waals surface area contributed by atoms with Crippen molar-refractivity contribution in [3.8, 4) is 17.3 Å². The molecular weight excluding hydrogens is 236 g/mol. The Labute approximate surface area is 103 Å². The van der Waals surface area contributed by atoms with Crippen molar-refractivity contribution >= 4 is 5.97 Å². The number of aromatic nitrogens is 2. The van der Waals surface area contributed by atoms with Crippen molar-refractivity contribution in [2.75, 3.05) is 14.2 Å². The van der Waals surface area contributed by atoms with Crippen molar-refractivity contribution in [2.45, 2.75) is 0 Å². The van der Waals surface area contributed by atoms with Gasteiger partial charge in [-0.3, -0.25) is 0 Å². The molecule has 0 saturated carbocycles. The lowest BCUT2D eigenvalue weighted by Crippen LogP contribution is -2.03. The van der Waals surface area contributed by atoms with E-state index in [0.717, 1.165) is 0 Å². The molecular formula is C12H12N2O4. The van der Waals surface area contributed by atoms with Gasteiger partial charge < -0.3 is 14.6 Å². The summed E-state index contributed by atoms with van der Waals surface area (Å²) in [6.45, 7) is 0. The number of aromatic carboxylic acids is 1. The normalized spacial score (nSPS) is 10.1. The maximum atomic E-state index is 11.0. The molecule has 0 aliphatic rings. The van der Waals surface area contributed by atoms with E-state index in [4.69, 9.17) is 14.6 Å². The van der Waals surface area contributed by atoms with Gasteiger partial charge in [0, 0.05) is 0 Å². The van der Waals surface area contributed by atoms with Crippen LogP contribution in [-0.4, -0.2) is 35.1 Å². The number of carboxylic acids is 1. The Kier molecular flexibility index (Phi) is 3.18. The number of carbonyl (C=O) groups is 1. The fourth-order valence-electron chi connectivity index (χ4n) is 1.59. The minimum Gasteiger partial charge on any atom is -0.497 e. The standard InChI is InChI=1S/C12H12N2O4/c1-17-9-5-3-8(4-6-9)14-11(18-2)10(7-13-14)12(15)16/h3-7H,1-2H3,(H,15,16). The minimum absolute atomic E-state index is 0.0216. The summed E-state index contributed by atoms with van der Waals surface area (Å²) in [4.78, 5) is 11.0. The van der Waals surface area contributed by atoms with E-state index in [-0.39, 0.29) is 11.4 Å². The fraction of sp³-hybridized carbons (Fsp3) is 0.167. The zero-order chi connectivity index (χ0) is 13.1. The molecule has 0 bridgehead atoms. The molecule has 18 heavy (non-hydrogen) atoms. The predicted octanol–water partition coefficient (Wildman–Crippen LogP) is 1.59. The Hall–Kier alpha value is -2.50. The molecule has 1 heterocycles. The summed E-state index contributed by atoms with van der Waals surface area (Å²) >= 11 is 0. The number of rotatable bonds is 4. The zero-order valence-corrected chi connectivity index (χ0v) is 9.95. The Morgan fingerprint density at radius 1 is 1.22 bits per heavy atom. The summed E-state index contributed by atoms with van der Waals surface area (Å²) in [5.74, 6) is -0.178. The van der Waals surface area contributed by atoms with Gasteiger partial charge in [-0.25, -0.2) is 9.48 Å². The number of ether oxygens (including phenoxy) is 2. The molecule has 0 radical (unpaired) electrons. The Bertz CT molecular complexity index is 560. The van der Waals surface area contributed by atoms with Crippen LogP contribution in [-0.2, 0) is 0 Å². The van der Waals surface area contributed by atoms with E-state index in [1.54, 1.807) is 31.4 Å². The molecule has 0 amide bonds. The van der Waals surface area contributed by atoms with Gasteiger partial charge in [-0.15, -0.1) is 0 Å². The zero-order valence-electron chi connectivity index (χ0n) is 9.95. The quantitative estimate of drug-likeness (QED) is 0.889. The Balaban J connectivity index is 2.46. The van der Waals surface area contributed by atoms with Crippen molar-refractivity contribution in [3.63, 3.8) is 0 Å². The first-order chi connectivity index (χ1) is 8.67. The van der Waals surface area contributed by atoms with E-state index in [2.05, 4.69) is 5.10 Å². The third kappa shape index (κ3) is 2.00. The van der Waals surface area contributed by atoms with Crippen LogP contribution in [0.15, 0.2) is 30.5 Å². The number of methoxy groups -OCH3 is 2. The monoisotopic (exact) mass is 248 g/mol. The highest BCUT2D eigenvalue weighted by molar-refractivity contribution is 5.90. The van der Waals surface area contributed by atoms with Crippen LogP contribution in [0, 0.1) is 0 Å². The maximum Gasteiger partial charge on any atom is 0.342 e. The lowest BCUT2D eigenvalue weighted by Gasteiger charge is -2.07.